The van der Waals surface area contributed by atoms with E-state index in [1.165, 1.54) is 0 Å². The SMILES string of the molecule is CN(C)CCOc1ccccc1O. The smallest absolute Gasteiger partial charge is 0.160 e. The molecule has 0 atom stereocenters. The summed E-state index contributed by atoms with van der Waals surface area (Å²) in [6.45, 7) is 1.43. The fourth-order valence-electron chi connectivity index (χ4n) is 0.917. The van der Waals surface area contributed by atoms with Crippen molar-refractivity contribution in [1.82, 2.24) is 4.90 Å². The van der Waals surface area contributed by atoms with Crippen molar-refractivity contribution in [3.05, 3.63) is 24.3 Å². The summed E-state index contributed by atoms with van der Waals surface area (Å²) >= 11 is 0. The Bertz CT molecular complexity index is 261. The lowest BCUT2D eigenvalue weighted by molar-refractivity contribution is 0.252. The van der Waals surface area contributed by atoms with Gasteiger partial charge in [0.25, 0.3) is 0 Å². The molecule has 13 heavy (non-hydrogen) atoms. The second kappa shape index (κ2) is 4.72. The number of aromatic hydroxyl groups is 1. The molecular weight excluding hydrogens is 166 g/mol. The van der Waals surface area contributed by atoms with Gasteiger partial charge in [-0.1, -0.05) is 12.1 Å². The zero-order chi connectivity index (χ0) is 9.68. The van der Waals surface area contributed by atoms with E-state index in [4.69, 9.17) is 4.74 Å². The van der Waals surface area contributed by atoms with Gasteiger partial charge in [-0.2, -0.15) is 0 Å². The van der Waals surface area contributed by atoms with Gasteiger partial charge in [0, 0.05) is 6.54 Å². The summed E-state index contributed by atoms with van der Waals surface area (Å²) in [7, 11) is 3.96. The molecule has 1 N–H and O–H groups in total. The molecular formula is C10H15NO2. The molecule has 0 heterocycles. The van der Waals surface area contributed by atoms with Crippen LogP contribution in [0.15, 0.2) is 24.3 Å². The zero-order valence-electron chi connectivity index (χ0n) is 8.03. The van der Waals surface area contributed by atoms with Crippen molar-refractivity contribution in [3.63, 3.8) is 0 Å². The highest BCUT2D eigenvalue weighted by molar-refractivity contribution is 5.37. The summed E-state index contributed by atoms with van der Waals surface area (Å²) in [6.07, 6.45) is 0. The van der Waals surface area contributed by atoms with Crippen LogP contribution in [0.4, 0.5) is 0 Å². The van der Waals surface area contributed by atoms with Gasteiger partial charge in [-0.05, 0) is 26.2 Å². The predicted octanol–water partition coefficient (Wildman–Crippen LogP) is 1.33. The molecule has 1 aromatic rings. The third-order valence-corrected chi connectivity index (χ3v) is 1.66. The van der Waals surface area contributed by atoms with E-state index >= 15 is 0 Å². The van der Waals surface area contributed by atoms with Crippen molar-refractivity contribution in [3.8, 4) is 11.5 Å². The largest absolute Gasteiger partial charge is 0.504 e. The van der Waals surface area contributed by atoms with Crippen molar-refractivity contribution in [2.24, 2.45) is 0 Å². The van der Waals surface area contributed by atoms with Gasteiger partial charge in [-0.25, -0.2) is 0 Å². The van der Waals surface area contributed by atoms with E-state index in [2.05, 4.69) is 0 Å². The van der Waals surface area contributed by atoms with E-state index in [1.54, 1.807) is 18.2 Å². The Morgan fingerprint density at radius 1 is 1.31 bits per heavy atom. The summed E-state index contributed by atoms with van der Waals surface area (Å²) in [4.78, 5) is 2.03. The molecule has 0 fully saturated rings. The fourth-order valence-corrected chi connectivity index (χ4v) is 0.917. The first-order valence-corrected chi connectivity index (χ1v) is 4.25. The van der Waals surface area contributed by atoms with Crippen LogP contribution in [0.2, 0.25) is 0 Å². The summed E-state index contributed by atoms with van der Waals surface area (Å²) in [5.41, 5.74) is 0. The maximum Gasteiger partial charge on any atom is 0.160 e. The number of hydrogen-bond donors (Lipinski definition) is 1. The van der Waals surface area contributed by atoms with Crippen LogP contribution >= 0.6 is 0 Å². The number of nitrogens with zero attached hydrogens (tertiary/aromatic N) is 1. The molecule has 1 rings (SSSR count). The molecule has 0 aliphatic rings. The summed E-state index contributed by atoms with van der Waals surface area (Å²) in [6, 6.07) is 6.98. The molecule has 0 spiro atoms. The third-order valence-electron chi connectivity index (χ3n) is 1.66. The molecule has 0 bridgehead atoms. The highest BCUT2D eigenvalue weighted by Gasteiger charge is 1.99. The Labute approximate surface area is 78.6 Å². The minimum absolute atomic E-state index is 0.196. The van der Waals surface area contributed by atoms with Crippen molar-refractivity contribution >= 4 is 0 Å². The van der Waals surface area contributed by atoms with E-state index in [1.807, 2.05) is 25.1 Å². The highest BCUT2D eigenvalue weighted by Crippen LogP contribution is 2.23. The third kappa shape index (κ3) is 3.34. The number of phenolic OH excluding ortho intramolecular Hbond substituents is 1. The van der Waals surface area contributed by atoms with Gasteiger partial charge in [-0.15, -0.1) is 0 Å². The number of rotatable bonds is 4. The summed E-state index contributed by atoms with van der Waals surface area (Å²) < 4.78 is 5.36. The molecule has 72 valence electrons. The van der Waals surface area contributed by atoms with Crippen LogP contribution in [0.1, 0.15) is 0 Å². The molecule has 1 aromatic carbocycles. The number of phenols is 1. The van der Waals surface area contributed by atoms with Gasteiger partial charge >= 0.3 is 0 Å². The van der Waals surface area contributed by atoms with E-state index < -0.39 is 0 Å². The Morgan fingerprint density at radius 2 is 2.00 bits per heavy atom. The first-order chi connectivity index (χ1) is 6.20. The van der Waals surface area contributed by atoms with E-state index in [9.17, 15) is 5.11 Å². The average molecular weight is 181 g/mol. The highest BCUT2D eigenvalue weighted by atomic mass is 16.5. The molecule has 3 heteroatoms. The molecule has 0 saturated heterocycles. The van der Waals surface area contributed by atoms with Crippen LogP contribution in [-0.2, 0) is 0 Å². The normalized spacial score (nSPS) is 10.4. The first-order valence-electron chi connectivity index (χ1n) is 4.25. The quantitative estimate of drug-likeness (QED) is 0.760. The zero-order valence-corrected chi connectivity index (χ0v) is 8.03. The van der Waals surface area contributed by atoms with E-state index in [0.717, 1.165) is 6.54 Å². The molecule has 0 saturated carbocycles. The van der Waals surface area contributed by atoms with Crippen LogP contribution in [-0.4, -0.2) is 37.3 Å². The number of likely N-dealkylation sites (N-methyl/N-ethyl adjacent to an activating group) is 1. The molecule has 3 nitrogen and oxygen atoms in total. The second-order valence-corrected chi connectivity index (χ2v) is 3.12. The topological polar surface area (TPSA) is 32.7 Å². The van der Waals surface area contributed by atoms with E-state index in [-0.39, 0.29) is 5.75 Å². The van der Waals surface area contributed by atoms with Crippen molar-refractivity contribution in [2.75, 3.05) is 27.2 Å². The Morgan fingerprint density at radius 3 is 2.62 bits per heavy atom. The monoisotopic (exact) mass is 181 g/mol. The molecule has 0 amide bonds. The van der Waals surface area contributed by atoms with Crippen LogP contribution in [0.25, 0.3) is 0 Å². The van der Waals surface area contributed by atoms with Gasteiger partial charge in [0.2, 0.25) is 0 Å². The number of benzene rings is 1. The number of hydrogen-bond acceptors (Lipinski definition) is 3. The summed E-state index contributed by atoms with van der Waals surface area (Å²) in [5.74, 6) is 0.741. The lowest BCUT2D eigenvalue weighted by Crippen LogP contribution is -2.19. The standard InChI is InChI=1S/C10H15NO2/c1-11(2)7-8-13-10-6-4-3-5-9(10)12/h3-6,12H,7-8H2,1-2H3. The van der Waals surface area contributed by atoms with Crippen LogP contribution < -0.4 is 4.74 Å². The molecule has 0 aliphatic carbocycles. The lowest BCUT2D eigenvalue weighted by atomic mass is 10.3. The Balaban J connectivity index is 2.41. The molecule has 0 unspecified atom stereocenters. The van der Waals surface area contributed by atoms with Crippen molar-refractivity contribution < 1.29 is 9.84 Å². The minimum atomic E-state index is 0.196. The van der Waals surface area contributed by atoms with Crippen LogP contribution in [0, 0.1) is 0 Å². The van der Waals surface area contributed by atoms with Gasteiger partial charge in [0.05, 0.1) is 0 Å². The van der Waals surface area contributed by atoms with Crippen LogP contribution in [0.5, 0.6) is 11.5 Å². The maximum atomic E-state index is 9.34. The molecule has 0 aliphatic heterocycles. The van der Waals surface area contributed by atoms with Crippen LogP contribution in [0.3, 0.4) is 0 Å². The Hall–Kier alpha value is -1.22. The van der Waals surface area contributed by atoms with Gasteiger partial charge in [0.1, 0.15) is 6.61 Å². The van der Waals surface area contributed by atoms with Gasteiger partial charge < -0.3 is 14.7 Å². The molecule has 0 aromatic heterocycles. The number of para-hydroxylation sites is 2. The summed E-state index contributed by atoms with van der Waals surface area (Å²) in [5, 5.41) is 9.34. The number of ether oxygens (including phenoxy) is 1. The average Bonchev–Trinajstić information content (AvgIpc) is 2.08. The predicted molar refractivity (Wildman–Crippen MR) is 52.2 cm³/mol. The van der Waals surface area contributed by atoms with Gasteiger partial charge in [0.15, 0.2) is 11.5 Å². The van der Waals surface area contributed by atoms with Crippen molar-refractivity contribution in [1.29, 1.82) is 0 Å². The molecule has 0 radical (unpaired) electrons. The lowest BCUT2D eigenvalue weighted by Gasteiger charge is -2.11. The van der Waals surface area contributed by atoms with Crippen molar-refractivity contribution in [2.45, 2.75) is 0 Å². The second-order valence-electron chi connectivity index (χ2n) is 3.12. The fraction of sp³-hybridized carbons (Fsp3) is 0.400. The van der Waals surface area contributed by atoms with E-state index in [0.29, 0.717) is 12.4 Å². The minimum Gasteiger partial charge on any atom is -0.504 e. The van der Waals surface area contributed by atoms with Gasteiger partial charge in [-0.3, -0.25) is 0 Å². The maximum absolute atomic E-state index is 9.34. The Kier molecular flexibility index (Phi) is 3.58. The first kappa shape index (κ1) is 9.86.